The molecule has 0 aliphatic carbocycles. The molecule has 13 heavy (non-hydrogen) atoms. The maximum absolute atomic E-state index is 10.9. The van der Waals surface area contributed by atoms with Gasteiger partial charge >= 0.3 is 17.7 Å². The van der Waals surface area contributed by atoms with E-state index >= 15 is 0 Å². The summed E-state index contributed by atoms with van der Waals surface area (Å²) in [4.78, 5) is 20.5. The molecule has 0 spiro atoms. The molecule has 0 bridgehead atoms. The van der Waals surface area contributed by atoms with E-state index < -0.39 is 5.69 Å². The van der Waals surface area contributed by atoms with Gasteiger partial charge in [0.05, 0.1) is 13.2 Å². The highest BCUT2D eigenvalue weighted by atomic mass is 16.5. The monoisotopic (exact) mass is 185 g/mol. The van der Waals surface area contributed by atoms with Crippen LogP contribution in [0.5, 0.6) is 12.0 Å². The minimum absolute atomic E-state index is 0.0368. The third kappa shape index (κ3) is 2.73. The zero-order chi connectivity index (χ0) is 9.68. The summed E-state index contributed by atoms with van der Waals surface area (Å²) in [5.74, 6) is 0. The Balaban J connectivity index is 2.90. The zero-order valence-electron chi connectivity index (χ0n) is 7.53. The van der Waals surface area contributed by atoms with Crippen LogP contribution in [0, 0.1) is 0 Å². The molecule has 0 aliphatic heterocycles. The summed E-state index contributed by atoms with van der Waals surface area (Å²) in [6, 6.07) is 0.167. The lowest BCUT2D eigenvalue weighted by molar-refractivity contribution is 0.277. The van der Waals surface area contributed by atoms with E-state index in [9.17, 15) is 4.79 Å². The van der Waals surface area contributed by atoms with Crippen LogP contribution in [0.15, 0.2) is 4.79 Å². The van der Waals surface area contributed by atoms with Gasteiger partial charge in [-0.1, -0.05) is 0 Å². The van der Waals surface area contributed by atoms with E-state index in [1.165, 1.54) is 0 Å². The molecule has 0 aliphatic rings. The molecule has 6 nitrogen and oxygen atoms in total. The molecular weight excluding hydrogens is 174 g/mol. The van der Waals surface area contributed by atoms with Crippen LogP contribution in [0.2, 0.25) is 0 Å². The van der Waals surface area contributed by atoms with Gasteiger partial charge in [-0.25, -0.2) is 4.79 Å². The smallest absolute Gasteiger partial charge is 0.353 e. The van der Waals surface area contributed by atoms with Crippen LogP contribution >= 0.6 is 0 Å². The number of nitrogens with one attached hydrogen (secondary N) is 1. The summed E-state index contributed by atoms with van der Waals surface area (Å²) in [5, 5.41) is 0. The second kappa shape index (κ2) is 4.44. The van der Waals surface area contributed by atoms with Crippen molar-refractivity contribution in [3.05, 3.63) is 10.5 Å². The van der Waals surface area contributed by atoms with Crippen molar-refractivity contribution in [2.45, 2.75) is 13.8 Å². The predicted molar refractivity (Wildman–Crippen MR) is 45.0 cm³/mol. The number of hydrogen-bond donors (Lipinski definition) is 1. The third-order valence-corrected chi connectivity index (χ3v) is 1.16. The molecule has 0 aromatic carbocycles. The number of ether oxygens (including phenoxy) is 2. The zero-order valence-corrected chi connectivity index (χ0v) is 7.53. The maximum atomic E-state index is 10.9. The van der Waals surface area contributed by atoms with Gasteiger partial charge in [0, 0.05) is 0 Å². The first kappa shape index (κ1) is 9.50. The first-order valence-electron chi connectivity index (χ1n) is 4.00. The summed E-state index contributed by atoms with van der Waals surface area (Å²) >= 11 is 0. The number of aromatic amines is 1. The molecule has 0 atom stereocenters. The van der Waals surface area contributed by atoms with E-state index in [0.29, 0.717) is 13.2 Å². The Bertz CT molecular complexity index is 296. The number of H-pyrrole nitrogens is 1. The fraction of sp³-hybridized carbons (Fsp3) is 0.571. The van der Waals surface area contributed by atoms with Gasteiger partial charge in [0.25, 0.3) is 0 Å². The summed E-state index contributed by atoms with van der Waals surface area (Å²) in [5.41, 5.74) is -0.526. The molecule has 0 amide bonds. The lowest BCUT2D eigenvalue weighted by Crippen LogP contribution is -2.15. The van der Waals surface area contributed by atoms with E-state index in [-0.39, 0.29) is 12.0 Å². The van der Waals surface area contributed by atoms with Crippen molar-refractivity contribution < 1.29 is 9.47 Å². The van der Waals surface area contributed by atoms with Gasteiger partial charge < -0.3 is 9.47 Å². The van der Waals surface area contributed by atoms with E-state index in [4.69, 9.17) is 9.47 Å². The van der Waals surface area contributed by atoms with E-state index in [1.807, 2.05) is 0 Å². The number of nitrogens with zero attached hydrogens (tertiary/aromatic N) is 2. The Labute approximate surface area is 74.9 Å². The average Bonchev–Trinajstić information content (AvgIpc) is 2.04. The van der Waals surface area contributed by atoms with Crippen LogP contribution in [0.1, 0.15) is 13.8 Å². The molecule has 1 rings (SSSR count). The summed E-state index contributed by atoms with van der Waals surface area (Å²) < 4.78 is 9.94. The number of hydrogen-bond acceptors (Lipinski definition) is 5. The van der Waals surface area contributed by atoms with Gasteiger partial charge in [0.2, 0.25) is 0 Å². The van der Waals surface area contributed by atoms with Crippen molar-refractivity contribution in [2.75, 3.05) is 13.2 Å². The third-order valence-electron chi connectivity index (χ3n) is 1.16. The molecule has 0 saturated heterocycles. The van der Waals surface area contributed by atoms with E-state index in [0.717, 1.165) is 0 Å². The van der Waals surface area contributed by atoms with E-state index in [1.54, 1.807) is 13.8 Å². The highest BCUT2D eigenvalue weighted by Crippen LogP contribution is 2.03. The van der Waals surface area contributed by atoms with Crippen LogP contribution in [0.25, 0.3) is 0 Å². The molecule has 1 aromatic heterocycles. The van der Waals surface area contributed by atoms with Crippen LogP contribution in [-0.2, 0) is 0 Å². The number of aromatic nitrogens is 3. The standard InChI is InChI=1S/C7H11N3O3/c1-3-12-6-8-5(11)9-7(10-6)13-4-2/h3-4H2,1-2H3,(H,8,9,10,11). The van der Waals surface area contributed by atoms with Crippen molar-refractivity contribution in [2.24, 2.45) is 0 Å². The Morgan fingerprint density at radius 2 is 1.92 bits per heavy atom. The largest absolute Gasteiger partial charge is 0.465 e. The Morgan fingerprint density at radius 3 is 2.54 bits per heavy atom. The van der Waals surface area contributed by atoms with Gasteiger partial charge in [0.1, 0.15) is 0 Å². The van der Waals surface area contributed by atoms with Crippen molar-refractivity contribution in [1.82, 2.24) is 15.0 Å². The molecule has 0 saturated carbocycles. The van der Waals surface area contributed by atoms with Gasteiger partial charge in [-0.2, -0.15) is 0 Å². The molecule has 0 fully saturated rings. The minimum Gasteiger partial charge on any atom is -0.465 e. The Kier molecular flexibility index (Phi) is 3.24. The van der Waals surface area contributed by atoms with E-state index in [2.05, 4.69) is 15.0 Å². The van der Waals surface area contributed by atoms with Crippen molar-refractivity contribution >= 4 is 0 Å². The highest BCUT2D eigenvalue weighted by Gasteiger charge is 2.02. The van der Waals surface area contributed by atoms with Gasteiger partial charge in [-0.05, 0) is 13.8 Å². The molecule has 0 unspecified atom stereocenters. The van der Waals surface area contributed by atoms with Gasteiger partial charge in [-0.15, -0.1) is 9.97 Å². The number of rotatable bonds is 4. The summed E-state index contributed by atoms with van der Waals surface area (Å²) in [7, 11) is 0. The first-order valence-corrected chi connectivity index (χ1v) is 4.00. The quantitative estimate of drug-likeness (QED) is 0.712. The Morgan fingerprint density at radius 1 is 1.23 bits per heavy atom. The molecule has 1 N–H and O–H groups in total. The molecular formula is C7H11N3O3. The lowest BCUT2D eigenvalue weighted by Gasteiger charge is -2.02. The van der Waals surface area contributed by atoms with Crippen LogP contribution < -0.4 is 15.2 Å². The molecule has 72 valence electrons. The molecule has 1 aromatic rings. The van der Waals surface area contributed by atoms with Crippen LogP contribution in [-0.4, -0.2) is 28.2 Å². The average molecular weight is 185 g/mol. The second-order valence-corrected chi connectivity index (χ2v) is 2.11. The summed E-state index contributed by atoms with van der Waals surface area (Å²) in [6.45, 7) is 4.42. The van der Waals surface area contributed by atoms with Crippen LogP contribution in [0.3, 0.4) is 0 Å². The Hall–Kier alpha value is -1.59. The van der Waals surface area contributed by atoms with Crippen molar-refractivity contribution in [1.29, 1.82) is 0 Å². The van der Waals surface area contributed by atoms with Gasteiger partial charge in [-0.3, -0.25) is 4.98 Å². The summed E-state index contributed by atoms with van der Waals surface area (Å²) in [6.07, 6.45) is 0. The second-order valence-electron chi connectivity index (χ2n) is 2.11. The maximum Gasteiger partial charge on any atom is 0.353 e. The first-order chi connectivity index (χ1) is 6.26. The lowest BCUT2D eigenvalue weighted by atomic mass is 10.8. The fourth-order valence-electron chi connectivity index (χ4n) is 0.745. The predicted octanol–water partition coefficient (Wildman–Crippen LogP) is -0.0377. The van der Waals surface area contributed by atoms with Gasteiger partial charge in [0.15, 0.2) is 0 Å². The minimum atomic E-state index is -0.526. The van der Waals surface area contributed by atoms with Crippen molar-refractivity contribution in [3.8, 4) is 12.0 Å². The SMILES string of the molecule is CCOc1nc(OCC)[nH]c(=O)n1. The topological polar surface area (TPSA) is 77.1 Å². The van der Waals surface area contributed by atoms with Crippen LogP contribution in [0.4, 0.5) is 0 Å². The normalized spacial score (nSPS) is 9.69. The molecule has 0 radical (unpaired) electrons. The fourth-order valence-corrected chi connectivity index (χ4v) is 0.745. The van der Waals surface area contributed by atoms with Crippen molar-refractivity contribution in [3.63, 3.8) is 0 Å². The molecule has 1 heterocycles. The highest BCUT2D eigenvalue weighted by molar-refractivity contribution is 4.99. The molecule has 6 heteroatoms.